The minimum absolute atomic E-state index is 0.0992. The third-order valence-electron chi connectivity index (χ3n) is 4.92. The number of rotatable bonds is 4. The Bertz CT molecular complexity index is 734. The number of nitrogens with zero attached hydrogens (tertiary/aromatic N) is 1. The maximum Gasteiger partial charge on any atom is 0.227 e. The van der Waals surface area contributed by atoms with Gasteiger partial charge in [-0.3, -0.25) is 9.69 Å². The molecule has 1 fully saturated rings. The standard InChI is InChI=1S/C21H25ClN2O/c1-15-3-8-20(16(2)13-15)23-21(25)18-9-11-24(12-10-18)14-17-4-6-19(22)7-5-17/h3-8,13,18H,9-12,14H2,1-2H3,(H,23,25). The minimum atomic E-state index is 0.0992. The Balaban J connectivity index is 1.51. The lowest BCUT2D eigenvalue weighted by atomic mass is 9.95. The third-order valence-corrected chi connectivity index (χ3v) is 5.17. The fourth-order valence-electron chi connectivity index (χ4n) is 3.39. The molecule has 0 spiro atoms. The van der Waals surface area contributed by atoms with Gasteiger partial charge in [-0.15, -0.1) is 0 Å². The van der Waals surface area contributed by atoms with Crippen LogP contribution in [0.3, 0.4) is 0 Å². The van der Waals surface area contributed by atoms with Gasteiger partial charge in [0.1, 0.15) is 0 Å². The van der Waals surface area contributed by atoms with Crippen LogP contribution < -0.4 is 5.32 Å². The number of piperidine rings is 1. The van der Waals surface area contributed by atoms with Crippen LogP contribution in [0.1, 0.15) is 29.5 Å². The van der Waals surface area contributed by atoms with Crippen molar-refractivity contribution in [3.05, 3.63) is 64.2 Å². The van der Waals surface area contributed by atoms with Crippen molar-refractivity contribution in [2.75, 3.05) is 18.4 Å². The zero-order valence-electron chi connectivity index (χ0n) is 14.9. The number of hydrogen-bond donors (Lipinski definition) is 1. The molecule has 1 amide bonds. The van der Waals surface area contributed by atoms with Crippen LogP contribution in [0.5, 0.6) is 0 Å². The molecule has 2 aromatic rings. The molecule has 0 radical (unpaired) electrons. The lowest BCUT2D eigenvalue weighted by molar-refractivity contribution is -0.121. The Hall–Kier alpha value is -1.84. The van der Waals surface area contributed by atoms with Crippen molar-refractivity contribution in [3.63, 3.8) is 0 Å². The summed E-state index contributed by atoms with van der Waals surface area (Å²) >= 11 is 5.94. The first-order valence-corrected chi connectivity index (χ1v) is 9.24. The number of carbonyl (C=O) groups excluding carboxylic acids is 1. The van der Waals surface area contributed by atoms with Crippen molar-refractivity contribution in [1.82, 2.24) is 4.90 Å². The Morgan fingerprint density at radius 1 is 1.12 bits per heavy atom. The minimum Gasteiger partial charge on any atom is -0.326 e. The number of hydrogen-bond acceptors (Lipinski definition) is 2. The summed E-state index contributed by atoms with van der Waals surface area (Å²) in [7, 11) is 0. The number of amides is 1. The van der Waals surface area contributed by atoms with E-state index in [9.17, 15) is 4.79 Å². The SMILES string of the molecule is Cc1ccc(NC(=O)C2CCN(Cc3ccc(Cl)cc3)CC2)c(C)c1. The van der Waals surface area contributed by atoms with Crippen LogP contribution in [0.4, 0.5) is 5.69 Å². The molecular formula is C21H25ClN2O. The fourth-order valence-corrected chi connectivity index (χ4v) is 3.52. The van der Waals surface area contributed by atoms with Gasteiger partial charge in [0, 0.05) is 23.2 Å². The monoisotopic (exact) mass is 356 g/mol. The van der Waals surface area contributed by atoms with Crippen LogP contribution in [0.25, 0.3) is 0 Å². The molecule has 4 heteroatoms. The number of likely N-dealkylation sites (tertiary alicyclic amines) is 1. The van der Waals surface area contributed by atoms with Crippen LogP contribution in [0, 0.1) is 19.8 Å². The summed E-state index contributed by atoms with van der Waals surface area (Å²) in [5, 5.41) is 3.87. The summed E-state index contributed by atoms with van der Waals surface area (Å²) in [6.07, 6.45) is 1.81. The third kappa shape index (κ3) is 4.83. The Morgan fingerprint density at radius 2 is 1.80 bits per heavy atom. The predicted molar refractivity (Wildman–Crippen MR) is 104 cm³/mol. The number of anilines is 1. The molecule has 1 heterocycles. The zero-order chi connectivity index (χ0) is 17.8. The summed E-state index contributed by atoms with van der Waals surface area (Å²) < 4.78 is 0. The van der Waals surface area contributed by atoms with E-state index in [-0.39, 0.29) is 11.8 Å². The first-order chi connectivity index (χ1) is 12.0. The van der Waals surface area contributed by atoms with Crippen LogP contribution in [-0.4, -0.2) is 23.9 Å². The predicted octanol–water partition coefficient (Wildman–Crippen LogP) is 4.81. The van der Waals surface area contributed by atoms with Gasteiger partial charge in [0.2, 0.25) is 5.91 Å². The quantitative estimate of drug-likeness (QED) is 0.852. The van der Waals surface area contributed by atoms with Gasteiger partial charge >= 0.3 is 0 Å². The lowest BCUT2D eigenvalue weighted by Crippen LogP contribution is -2.37. The van der Waals surface area contributed by atoms with E-state index < -0.39 is 0 Å². The largest absolute Gasteiger partial charge is 0.326 e. The number of carbonyl (C=O) groups is 1. The van der Waals surface area contributed by atoms with Crippen molar-refractivity contribution >= 4 is 23.2 Å². The summed E-state index contributed by atoms with van der Waals surface area (Å²) in [5.41, 5.74) is 4.53. The van der Waals surface area contributed by atoms with Gasteiger partial charge in [0.05, 0.1) is 0 Å². The van der Waals surface area contributed by atoms with E-state index in [0.29, 0.717) is 0 Å². The second kappa shape index (κ2) is 8.03. The van der Waals surface area contributed by atoms with Crippen molar-refractivity contribution in [3.8, 4) is 0 Å². The molecule has 3 nitrogen and oxygen atoms in total. The molecule has 0 aliphatic carbocycles. The number of benzene rings is 2. The molecule has 3 rings (SSSR count). The molecule has 1 aliphatic heterocycles. The summed E-state index contributed by atoms with van der Waals surface area (Å²) in [5.74, 6) is 0.250. The molecule has 2 aromatic carbocycles. The Morgan fingerprint density at radius 3 is 2.44 bits per heavy atom. The van der Waals surface area contributed by atoms with E-state index in [1.807, 2.05) is 31.2 Å². The second-order valence-corrected chi connectivity index (χ2v) is 7.42. The molecular weight excluding hydrogens is 332 g/mol. The average molecular weight is 357 g/mol. The highest BCUT2D eigenvalue weighted by molar-refractivity contribution is 6.30. The van der Waals surface area contributed by atoms with E-state index in [4.69, 9.17) is 11.6 Å². The second-order valence-electron chi connectivity index (χ2n) is 6.98. The normalized spacial score (nSPS) is 16.0. The molecule has 1 aliphatic rings. The summed E-state index contributed by atoms with van der Waals surface area (Å²) in [6.45, 7) is 6.93. The van der Waals surface area contributed by atoms with E-state index in [1.54, 1.807) is 0 Å². The maximum atomic E-state index is 12.6. The number of nitrogens with one attached hydrogen (secondary N) is 1. The molecule has 0 bridgehead atoms. The fraction of sp³-hybridized carbons (Fsp3) is 0.381. The number of halogens is 1. The zero-order valence-corrected chi connectivity index (χ0v) is 15.6. The Kier molecular flexibility index (Phi) is 5.77. The van der Waals surface area contributed by atoms with Gasteiger partial charge in [0.15, 0.2) is 0 Å². The van der Waals surface area contributed by atoms with Gasteiger partial charge in [-0.2, -0.15) is 0 Å². The molecule has 25 heavy (non-hydrogen) atoms. The first kappa shape index (κ1) is 18.0. The van der Waals surface area contributed by atoms with Crippen molar-refractivity contribution < 1.29 is 4.79 Å². The molecule has 1 saturated heterocycles. The summed E-state index contributed by atoms with van der Waals surface area (Å²) in [6, 6.07) is 14.1. The topological polar surface area (TPSA) is 32.3 Å². The van der Waals surface area contributed by atoms with Gasteiger partial charge in [-0.1, -0.05) is 41.4 Å². The maximum absolute atomic E-state index is 12.6. The van der Waals surface area contributed by atoms with E-state index >= 15 is 0 Å². The molecule has 0 saturated carbocycles. The van der Waals surface area contributed by atoms with Crippen molar-refractivity contribution in [2.45, 2.75) is 33.2 Å². The molecule has 1 N–H and O–H groups in total. The van der Waals surface area contributed by atoms with Crippen molar-refractivity contribution in [2.24, 2.45) is 5.92 Å². The molecule has 132 valence electrons. The van der Waals surface area contributed by atoms with Gasteiger partial charge in [-0.05, 0) is 69.1 Å². The van der Waals surface area contributed by atoms with Crippen LogP contribution >= 0.6 is 11.6 Å². The van der Waals surface area contributed by atoms with E-state index in [0.717, 1.165) is 48.7 Å². The van der Waals surface area contributed by atoms with Gasteiger partial charge < -0.3 is 5.32 Å². The Labute approximate surface area is 155 Å². The van der Waals surface area contributed by atoms with Crippen molar-refractivity contribution in [1.29, 1.82) is 0 Å². The van der Waals surface area contributed by atoms with E-state index in [2.05, 4.69) is 35.3 Å². The molecule has 0 unspecified atom stereocenters. The number of aryl methyl sites for hydroxylation is 2. The van der Waals surface area contributed by atoms with Gasteiger partial charge in [-0.25, -0.2) is 0 Å². The lowest BCUT2D eigenvalue weighted by Gasteiger charge is -2.31. The van der Waals surface area contributed by atoms with Crippen LogP contribution in [0.2, 0.25) is 5.02 Å². The van der Waals surface area contributed by atoms with Gasteiger partial charge in [0.25, 0.3) is 0 Å². The van der Waals surface area contributed by atoms with E-state index in [1.165, 1.54) is 11.1 Å². The summed E-state index contributed by atoms with van der Waals surface area (Å²) in [4.78, 5) is 15.0. The highest BCUT2D eigenvalue weighted by Crippen LogP contribution is 2.23. The molecule has 0 atom stereocenters. The van der Waals surface area contributed by atoms with Crippen LogP contribution in [-0.2, 0) is 11.3 Å². The smallest absolute Gasteiger partial charge is 0.227 e. The van der Waals surface area contributed by atoms with Crippen LogP contribution in [0.15, 0.2) is 42.5 Å². The average Bonchev–Trinajstić information content (AvgIpc) is 2.60. The first-order valence-electron chi connectivity index (χ1n) is 8.86. The highest BCUT2D eigenvalue weighted by atomic mass is 35.5. The molecule has 0 aromatic heterocycles. The highest BCUT2D eigenvalue weighted by Gasteiger charge is 2.25.